The maximum Gasteiger partial charge on any atom is 0.255 e. The largest absolute Gasteiger partial charge is 0.496 e. The highest BCUT2D eigenvalue weighted by Crippen LogP contribution is 2.30. The summed E-state index contributed by atoms with van der Waals surface area (Å²) in [6.07, 6.45) is 0. The average molecular weight is 420 g/mol. The van der Waals surface area contributed by atoms with E-state index in [2.05, 4.69) is 5.32 Å². The molecule has 0 unspecified atom stereocenters. The third kappa shape index (κ3) is 4.52. The maximum atomic E-state index is 12.9. The Balaban J connectivity index is 1.90. The van der Waals surface area contributed by atoms with Gasteiger partial charge >= 0.3 is 0 Å². The van der Waals surface area contributed by atoms with Gasteiger partial charge in [0.1, 0.15) is 11.5 Å². The Kier molecular flexibility index (Phi) is 6.41. The van der Waals surface area contributed by atoms with Gasteiger partial charge in [-0.05, 0) is 42.8 Å². The highest BCUT2D eigenvalue weighted by Gasteiger charge is 2.27. The number of nitrogens with one attached hydrogen (secondary N) is 1. The lowest BCUT2D eigenvalue weighted by atomic mass is 10.1. The predicted octanol–water partition coefficient (Wildman–Crippen LogP) is 2.29. The minimum Gasteiger partial charge on any atom is -0.496 e. The number of hydrogen-bond donors (Lipinski definition) is 1. The Hall–Kier alpha value is -2.62. The Labute approximate surface area is 170 Å². The zero-order valence-electron chi connectivity index (χ0n) is 16.6. The molecule has 9 heteroatoms. The van der Waals surface area contributed by atoms with Gasteiger partial charge in [0.25, 0.3) is 5.91 Å². The fourth-order valence-corrected chi connectivity index (χ4v) is 4.47. The number of rotatable bonds is 6. The van der Waals surface area contributed by atoms with E-state index < -0.39 is 15.9 Å². The van der Waals surface area contributed by atoms with Gasteiger partial charge in [-0.3, -0.25) is 4.79 Å². The molecule has 1 aliphatic heterocycles. The van der Waals surface area contributed by atoms with Crippen LogP contribution in [0.1, 0.15) is 15.9 Å². The van der Waals surface area contributed by atoms with Crippen LogP contribution in [0.3, 0.4) is 0 Å². The molecular formula is C20H24N2O6S. The van der Waals surface area contributed by atoms with Gasteiger partial charge in [0.15, 0.2) is 0 Å². The summed E-state index contributed by atoms with van der Waals surface area (Å²) in [6.45, 7) is 3.17. The Morgan fingerprint density at radius 1 is 1.03 bits per heavy atom. The molecule has 0 saturated carbocycles. The SMILES string of the molecule is COc1cc(C(=O)Nc2cc(S(=O)(=O)N3CCOCC3)ccc2OC)ccc1C. The second-order valence-electron chi connectivity index (χ2n) is 6.52. The molecule has 3 rings (SSSR count). The third-order valence-electron chi connectivity index (χ3n) is 4.70. The standard InChI is InChI=1S/C20H24N2O6S/c1-14-4-5-15(12-19(14)27-3)20(23)21-17-13-16(6-7-18(17)26-2)29(24,25)22-8-10-28-11-9-22/h4-7,12-13H,8-11H2,1-3H3,(H,21,23). The highest BCUT2D eigenvalue weighted by molar-refractivity contribution is 7.89. The molecule has 1 N–H and O–H groups in total. The van der Waals surface area contributed by atoms with Gasteiger partial charge in [-0.15, -0.1) is 0 Å². The summed E-state index contributed by atoms with van der Waals surface area (Å²) >= 11 is 0. The van der Waals surface area contributed by atoms with Crippen molar-refractivity contribution in [1.29, 1.82) is 0 Å². The molecule has 8 nitrogen and oxygen atoms in total. The number of ether oxygens (including phenoxy) is 3. The summed E-state index contributed by atoms with van der Waals surface area (Å²) < 4.78 is 43.0. The molecule has 2 aromatic carbocycles. The van der Waals surface area contributed by atoms with E-state index in [-0.39, 0.29) is 10.6 Å². The van der Waals surface area contributed by atoms with Crippen molar-refractivity contribution in [2.24, 2.45) is 0 Å². The maximum absolute atomic E-state index is 12.9. The lowest BCUT2D eigenvalue weighted by Gasteiger charge is -2.26. The third-order valence-corrected chi connectivity index (χ3v) is 6.59. The van der Waals surface area contributed by atoms with Gasteiger partial charge in [-0.25, -0.2) is 8.42 Å². The molecule has 1 saturated heterocycles. The van der Waals surface area contributed by atoms with Gasteiger partial charge in [0, 0.05) is 18.7 Å². The van der Waals surface area contributed by atoms with Crippen molar-refractivity contribution in [2.45, 2.75) is 11.8 Å². The molecule has 1 fully saturated rings. The zero-order valence-corrected chi connectivity index (χ0v) is 17.4. The monoisotopic (exact) mass is 420 g/mol. The van der Waals surface area contributed by atoms with Crippen LogP contribution in [0.15, 0.2) is 41.3 Å². The highest BCUT2D eigenvalue weighted by atomic mass is 32.2. The number of anilines is 1. The van der Waals surface area contributed by atoms with Crippen molar-refractivity contribution in [1.82, 2.24) is 4.31 Å². The summed E-state index contributed by atoms with van der Waals surface area (Å²) in [5.41, 5.74) is 1.56. The lowest BCUT2D eigenvalue weighted by Crippen LogP contribution is -2.40. The Bertz CT molecular complexity index is 1000. The normalized spacial score (nSPS) is 15.0. The summed E-state index contributed by atoms with van der Waals surface area (Å²) in [5, 5.41) is 2.74. The van der Waals surface area contributed by atoms with Crippen molar-refractivity contribution < 1.29 is 27.4 Å². The van der Waals surface area contributed by atoms with E-state index in [1.54, 1.807) is 18.2 Å². The lowest BCUT2D eigenvalue weighted by molar-refractivity contribution is 0.0730. The number of carbonyl (C=O) groups excluding carboxylic acids is 1. The number of morpholine rings is 1. The van der Waals surface area contributed by atoms with E-state index >= 15 is 0 Å². The van der Waals surface area contributed by atoms with Crippen LogP contribution in [-0.4, -0.2) is 59.2 Å². The van der Waals surface area contributed by atoms with Crippen LogP contribution in [-0.2, 0) is 14.8 Å². The number of methoxy groups -OCH3 is 2. The number of benzene rings is 2. The number of amides is 1. The van der Waals surface area contributed by atoms with E-state index in [1.165, 1.54) is 36.7 Å². The van der Waals surface area contributed by atoms with Gasteiger partial charge in [0.05, 0.1) is 38.0 Å². The topological polar surface area (TPSA) is 94.2 Å². The quantitative estimate of drug-likeness (QED) is 0.771. The van der Waals surface area contributed by atoms with Crippen LogP contribution in [0, 0.1) is 6.92 Å². The molecule has 0 radical (unpaired) electrons. The molecule has 0 bridgehead atoms. The van der Waals surface area contributed by atoms with Gasteiger partial charge in [-0.1, -0.05) is 6.07 Å². The summed E-state index contributed by atoms with van der Waals surface area (Å²) in [7, 11) is -0.711. The van der Waals surface area contributed by atoms with Crippen molar-refractivity contribution in [3.05, 3.63) is 47.5 Å². The first-order chi connectivity index (χ1) is 13.9. The van der Waals surface area contributed by atoms with Crippen LogP contribution in [0.25, 0.3) is 0 Å². The summed E-state index contributed by atoms with van der Waals surface area (Å²) in [5.74, 6) is 0.550. The average Bonchev–Trinajstić information content (AvgIpc) is 2.74. The summed E-state index contributed by atoms with van der Waals surface area (Å²) in [4.78, 5) is 12.8. The molecule has 29 heavy (non-hydrogen) atoms. The number of hydrogen-bond acceptors (Lipinski definition) is 6. The first-order valence-corrected chi connectivity index (χ1v) is 10.5. The Morgan fingerprint density at radius 3 is 2.38 bits per heavy atom. The molecule has 1 heterocycles. The first kappa shape index (κ1) is 21.1. The number of nitrogens with zero attached hydrogens (tertiary/aromatic N) is 1. The molecule has 2 aromatic rings. The first-order valence-electron chi connectivity index (χ1n) is 9.08. The van der Waals surface area contributed by atoms with E-state index in [0.717, 1.165) is 5.56 Å². The molecular weight excluding hydrogens is 396 g/mol. The smallest absolute Gasteiger partial charge is 0.255 e. The number of carbonyl (C=O) groups is 1. The molecule has 156 valence electrons. The van der Waals surface area contributed by atoms with Gasteiger partial charge in [0.2, 0.25) is 10.0 Å². The van der Waals surface area contributed by atoms with Crippen molar-refractivity contribution in [3.63, 3.8) is 0 Å². The molecule has 0 aliphatic carbocycles. The van der Waals surface area contributed by atoms with Crippen LogP contribution in [0.4, 0.5) is 5.69 Å². The number of aryl methyl sites for hydroxylation is 1. The minimum atomic E-state index is -3.70. The molecule has 0 atom stereocenters. The van der Waals surface area contributed by atoms with E-state index in [4.69, 9.17) is 14.2 Å². The minimum absolute atomic E-state index is 0.0805. The molecule has 0 spiro atoms. The fourth-order valence-electron chi connectivity index (χ4n) is 3.04. The zero-order chi connectivity index (χ0) is 21.0. The fraction of sp³-hybridized carbons (Fsp3) is 0.350. The van der Waals surface area contributed by atoms with Crippen molar-refractivity contribution >= 4 is 21.6 Å². The van der Waals surface area contributed by atoms with Crippen LogP contribution in [0.5, 0.6) is 11.5 Å². The van der Waals surface area contributed by atoms with E-state index in [0.29, 0.717) is 43.4 Å². The predicted molar refractivity (Wildman–Crippen MR) is 108 cm³/mol. The van der Waals surface area contributed by atoms with Gasteiger partial charge < -0.3 is 19.5 Å². The number of sulfonamides is 1. The van der Waals surface area contributed by atoms with E-state index in [9.17, 15) is 13.2 Å². The second-order valence-corrected chi connectivity index (χ2v) is 8.46. The second kappa shape index (κ2) is 8.81. The molecule has 0 aromatic heterocycles. The molecule has 1 aliphatic rings. The van der Waals surface area contributed by atoms with E-state index in [1.807, 2.05) is 6.92 Å². The molecule has 1 amide bonds. The van der Waals surface area contributed by atoms with Crippen LogP contribution in [0.2, 0.25) is 0 Å². The van der Waals surface area contributed by atoms with Crippen LogP contribution < -0.4 is 14.8 Å². The van der Waals surface area contributed by atoms with Crippen molar-refractivity contribution in [3.8, 4) is 11.5 Å². The Morgan fingerprint density at radius 2 is 1.72 bits per heavy atom. The van der Waals surface area contributed by atoms with Crippen LogP contribution >= 0.6 is 0 Å². The van der Waals surface area contributed by atoms with Crippen molar-refractivity contribution in [2.75, 3.05) is 45.8 Å². The van der Waals surface area contributed by atoms with Gasteiger partial charge in [-0.2, -0.15) is 4.31 Å². The summed E-state index contributed by atoms with van der Waals surface area (Å²) in [6, 6.07) is 9.49.